The van der Waals surface area contributed by atoms with Crippen molar-refractivity contribution in [3.05, 3.63) is 60.2 Å². The zero-order valence-electron chi connectivity index (χ0n) is 10.3. The quantitative estimate of drug-likeness (QED) is 0.725. The number of H-pyrrole nitrogens is 1. The number of nitrogens with zero attached hydrogens (tertiary/aromatic N) is 2. The number of fused-ring (bicyclic) bond motifs is 1. The van der Waals surface area contributed by atoms with Gasteiger partial charge >= 0.3 is 0 Å². The van der Waals surface area contributed by atoms with Crippen LogP contribution in [0.2, 0.25) is 0 Å². The average Bonchev–Trinajstić information content (AvgIpc) is 2.90. The van der Waals surface area contributed by atoms with Crippen molar-refractivity contribution in [1.82, 2.24) is 15.0 Å². The zero-order chi connectivity index (χ0) is 13.1. The number of nitrogens with one attached hydrogen (secondary N) is 1. The van der Waals surface area contributed by atoms with Gasteiger partial charge in [-0.15, -0.1) is 0 Å². The Balaban J connectivity index is 1.73. The number of Topliss-reactive ketones (excluding diaryl/α,β-unsaturated/α-hetero) is 1. The minimum Gasteiger partial charge on any atom is -0.335 e. The van der Waals surface area contributed by atoms with Crippen LogP contribution in [0.25, 0.3) is 11.0 Å². The van der Waals surface area contributed by atoms with Crippen molar-refractivity contribution >= 4 is 16.8 Å². The Labute approximate surface area is 110 Å². The minimum absolute atomic E-state index is 0.0156. The molecule has 3 rings (SSSR count). The van der Waals surface area contributed by atoms with Crippen LogP contribution in [0.4, 0.5) is 0 Å². The van der Waals surface area contributed by atoms with Crippen molar-refractivity contribution in [2.75, 3.05) is 0 Å². The lowest BCUT2D eigenvalue weighted by atomic mass is 10.1. The molecule has 4 heteroatoms. The first-order valence-electron chi connectivity index (χ1n) is 6.21. The molecule has 0 bridgehead atoms. The van der Waals surface area contributed by atoms with Crippen molar-refractivity contribution in [2.45, 2.75) is 12.8 Å². The van der Waals surface area contributed by atoms with E-state index in [1.807, 2.05) is 42.5 Å². The van der Waals surface area contributed by atoms with Gasteiger partial charge in [-0.2, -0.15) is 0 Å². The van der Waals surface area contributed by atoms with Crippen LogP contribution in [0.5, 0.6) is 0 Å². The number of aryl methyl sites for hydroxylation is 1. The summed E-state index contributed by atoms with van der Waals surface area (Å²) in [5.41, 5.74) is 2.64. The van der Waals surface area contributed by atoms with Crippen molar-refractivity contribution in [3.8, 4) is 0 Å². The number of rotatable bonds is 4. The molecule has 3 aromatic rings. The molecule has 4 nitrogen and oxygen atoms in total. The molecule has 0 spiro atoms. The monoisotopic (exact) mass is 251 g/mol. The predicted octanol–water partition coefficient (Wildman–Crippen LogP) is 2.77. The third-order valence-electron chi connectivity index (χ3n) is 2.99. The van der Waals surface area contributed by atoms with E-state index in [4.69, 9.17) is 0 Å². The van der Waals surface area contributed by atoms with E-state index >= 15 is 0 Å². The fourth-order valence-electron chi connectivity index (χ4n) is 1.99. The van der Waals surface area contributed by atoms with Gasteiger partial charge in [-0.3, -0.25) is 9.78 Å². The van der Waals surface area contributed by atoms with Gasteiger partial charge in [-0.05, 0) is 30.7 Å². The lowest BCUT2D eigenvalue weighted by molar-refractivity contribution is 0.0973. The van der Waals surface area contributed by atoms with E-state index in [0.717, 1.165) is 16.7 Å². The fourth-order valence-corrected chi connectivity index (χ4v) is 1.99. The number of para-hydroxylation sites is 2. The smallest absolute Gasteiger partial charge is 0.198 e. The molecule has 2 heterocycles. The first-order chi connectivity index (χ1) is 9.33. The third kappa shape index (κ3) is 2.52. The van der Waals surface area contributed by atoms with Crippen molar-refractivity contribution in [2.24, 2.45) is 0 Å². The Bertz CT molecular complexity index is 670. The summed E-state index contributed by atoms with van der Waals surface area (Å²) < 4.78 is 0. The predicted molar refractivity (Wildman–Crippen MR) is 73.0 cm³/mol. The Kier molecular flexibility index (Phi) is 3.06. The number of hydrogen-bond donors (Lipinski definition) is 1. The number of hydrogen-bond acceptors (Lipinski definition) is 3. The number of benzene rings is 1. The highest BCUT2D eigenvalue weighted by atomic mass is 16.1. The molecule has 19 heavy (non-hydrogen) atoms. The average molecular weight is 251 g/mol. The van der Waals surface area contributed by atoms with Gasteiger partial charge in [0.2, 0.25) is 0 Å². The van der Waals surface area contributed by atoms with Gasteiger partial charge in [-0.1, -0.05) is 18.2 Å². The molecule has 94 valence electrons. The Morgan fingerprint density at radius 2 is 1.95 bits per heavy atom. The summed E-state index contributed by atoms with van der Waals surface area (Å²) >= 11 is 0. The summed E-state index contributed by atoms with van der Waals surface area (Å²) in [6.07, 6.45) is 2.79. The first-order valence-corrected chi connectivity index (χ1v) is 6.21. The molecule has 1 aromatic carbocycles. The normalized spacial score (nSPS) is 10.7. The second-order valence-corrected chi connectivity index (χ2v) is 4.35. The van der Waals surface area contributed by atoms with Crippen molar-refractivity contribution in [1.29, 1.82) is 0 Å². The van der Waals surface area contributed by atoms with Crippen LogP contribution in [0.1, 0.15) is 22.7 Å². The van der Waals surface area contributed by atoms with Gasteiger partial charge in [0.15, 0.2) is 11.6 Å². The van der Waals surface area contributed by atoms with E-state index in [2.05, 4.69) is 15.0 Å². The molecule has 0 aliphatic carbocycles. The molecule has 0 saturated carbocycles. The van der Waals surface area contributed by atoms with Gasteiger partial charge < -0.3 is 4.98 Å². The number of aromatic amines is 1. The van der Waals surface area contributed by atoms with E-state index in [0.29, 0.717) is 18.7 Å². The summed E-state index contributed by atoms with van der Waals surface area (Å²) in [4.78, 5) is 23.6. The number of imidazole rings is 1. The highest BCUT2D eigenvalue weighted by Crippen LogP contribution is 2.12. The van der Waals surface area contributed by atoms with Gasteiger partial charge in [0, 0.05) is 18.3 Å². The van der Waals surface area contributed by atoms with Crippen LogP contribution in [-0.2, 0) is 6.42 Å². The standard InChI is InChI=1S/C15H13N3O/c19-14(9-8-11-5-3-4-10-16-11)15-17-12-6-1-2-7-13(12)18-15/h1-7,10H,8-9H2,(H,17,18). The summed E-state index contributed by atoms with van der Waals surface area (Å²) in [6.45, 7) is 0. The molecule has 0 amide bonds. The van der Waals surface area contributed by atoms with E-state index in [1.54, 1.807) is 6.20 Å². The van der Waals surface area contributed by atoms with Crippen LogP contribution in [0.3, 0.4) is 0 Å². The zero-order valence-corrected chi connectivity index (χ0v) is 10.3. The molecule has 0 saturated heterocycles. The van der Waals surface area contributed by atoms with Crippen LogP contribution >= 0.6 is 0 Å². The van der Waals surface area contributed by atoms with Crippen LogP contribution in [-0.4, -0.2) is 20.7 Å². The summed E-state index contributed by atoms with van der Waals surface area (Å²) in [7, 11) is 0. The number of pyridine rings is 1. The van der Waals surface area contributed by atoms with Crippen molar-refractivity contribution in [3.63, 3.8) is 0 Å². The third-order valence-corrected chi connectivity index (χ3v) is 2.99. The van der Waals surface area contributed by atoms with Crippen LogP contribution < -0.4 is 0 Å². The second kappa shape index (κ2) is 5.02. The number of ketones is 1. The van der Waals surface area contributed by atoms with E-state index in [1.165, 1.54) is 0 Å². The molecular weight excluding hydrogens is 238 g/mol. The number of aromatic nitrogens is 3. The molecule has 0 fully saturated rings. The Hall–Kier alpha value is -2.49. The van der Waals surface area contributed by atoms with E-state index in [-0.39, 0.29) is 5.78 Å². The van der Waals surface area contributed by atoms with Crippen LogP contribution in [0, 0.1) is 0 Å². The fraction of sp³-hybridized carbons (Fsp3) is 0.133. The minimum atomic E-state index is 0.0156. The topological polar surface area (TPSA) is 58.6 Å². The number of carbonyl (C=O) groups is 1. The highest BCUT2D eigenvalue weighted by molar-refractivity contribution is 5.95. The maximum absolute atomic E-state index is 12.1. The Morgan fingerprint density at radius 1 is 1.11 bits per heavy atom. The van der Waals surface area contributed by atoms with Gasteiger partial charge in [0.1, 0.15) is 0 Å². The van der Waals surface area contributed by atoms with Gasteiger partial charge in [-0.25, -0.2) is 4.98 Å². The molecule has 0 radical (unpaired) electrons. The van der Waals surface area contributed by atoms with Gasteiger partial charge in [0.05, 0.1) is 11.0 Å². The number of carbonyl (C=O) groups excluding carboxylic acids is 1. The molecule has 1 N–H and O–H groups in total. The molecule has 0 aliphatic heterocycles. The lowest BCUT2D eigenvalue weighted by Gasteiger charge is -1.97. The molecular formula is C15H13N3O. The summed E-state index contributed by atoms with van der Waals surface area (Å²) in [5, 5.41) is 0. The summed E-state index contributed by atoms with van der Waals surface area (Å²) in [5.74, 6) is 0.444. The van der Waals surface area contributed by atoms with Gasteiger partial charge in [0.25, 0.3) is 0 Å². The lowest BCUT2D eigenvalue weighted by Crippen LogP contribution is -2.04. The van der Waals surface area contributed by atoms with E-state index < -0.39 is 0 Å². The molecule has 0 atom stereocenters. The molecule has 0 aliphatic rings. The van der Waals surface area contributed by atoms with Crippen molar-refractivity contribution < 1.29 is 4.79 Å². The van der Waals surface area contributed by atoms with Crippen LogP contribution in [0.15, 0.2) is 48.7 Å². The SMILES string of the molecule is O=C(CCc1ccccn1)c1nc2ccccc2[nH]1. The highest BCUT2D eigenvalue weighted by Gasteiger charge is 2.11. The maximum atomic E-state index is 12.1. The summed E-state index contributed by atoms with van der Waals surface area (Å²) in [6, 6.07) is 13.3. The largest absolute Gasteiger partial charge is 0.335 e. The second-order valence-electron chi connectivity index (χ2n) is 4.35. The first kappa shape index (κ1) is 11.6. The maximum Gasteiger partial charge on any atom is 0.198 e. The molecule has 2 aromatic heterocycles. The molecule has 0 unspecified atom stereocenters. The van der Waals surface area contributed by atoms with E-state index in [9.17, 15) is 4.79 Å². The Morgan fingerprint density at radius 3 is 2.74 bits per heavy atom.